The maximum absolute atomic E-state index is 13.7. The normalized spacial score (nSPS) is 19.0. The highest BCUT2D eigenvalue weighted by molar-refractivity contribution is 7.21. The van der Waals surface area contributed by atoms with Crippen LogP contribution < -0.4 is 5.32 Å². The molecular weight excluding hydrogens is 392 g/mol. The van der Waals surface area contributed by atoms with Gasteiger partial charge in [-0.15, -0.1) is 11.3 Å². The summed E-state index contributed by atoms with van der Waals surface area (Å²) < 4.78 is 27.3. The van der Waals surface area contributed by atoms with E-state index in [0.29, 0.717) is 21.7 Å². The number of benzene rings is 2. The summed E-state index contributed by atoms with van der Waals surface area (Å²) in [6, 6.07) is 11.0. The Labute approximate surface area is 162 Å². The van der Waals surface area contributed by atoms with Gasteiger partial charge in [-0.25, -0.2) is 8.78 Å². The van der Waals surface area contributed by atoms with E-state index >= 15 is 0 Å². The van der Waals surface area contributed by atoms with Crippen molar-refractivity contribution in [3.63, 3.8) is 0 Å². The summed E-state index contributed by atoms with van der Waals surface area (Å²) in [6.45, 7) is 1.49. The number of rotatable bonds is 2. The second-order valence-corrected chi connectivity index (χ2v) is 8.00. The molecular formula is C20H12ClF2NO2S. The van der Waals surface area contributed by atoms with Crippen LogP contribution in [-0.4, -0.2) is 11.7 Å². The molecule has 27 heavy (non-hydrogen) atoms. The van der Waals surface area contributed by atoms with Crippen molar-refractivity contribution in [1.29, 1.82) is 0 Å². The Morgan fingerprint density at radius 2 is 1.70 bits per heavy atom. The maximum atomic E-state index is 13.7. The van der Waals surface area contributed by atoms with Gasteiger partial charge in [0.25, 0.3) is 0 Å². The van der Waals surface area contributed by atoms with Crippen molar-refractivity contribution in [1.82, 2.24) is 0 Å². The predicted octanol–water partition coefficient (Wildman–Crippen LogP) is 5.44. The molecule has 0 radical (unpaired) electrons. The van der Waals surface area contributed by atoms with Crippen molar-refractivity contribution in [2.75, 3.05) is 5.32 Å². The zero-order valence-electron chi connectivity index (χ0n) is 14.0. The van der Waals surface area contributed by atoms with Gasteiger partial charge in [0.05, 0.1) is 5.56 Å². The van der Waals surface area contributed by atoms with Crippen LogP contribution in [-0.2, 0) is 10.2 Å². The first kappa shape index (κ1) is 17.8. The number of ketones is 1. The number of Topliss-reactive ketones (excluding diaryl/α,β-unsaturated/α-hetero) is 1. The molecule has 0 saturated carbocycles. The number of carbonyl (C=O) groups is 2. The molecule has 1 N–H and O–H groups in total. The number of nitrogens with one attached hydrogen (secondary N) is 1. The van der Waals surface area contributed by atoms with E-state index in [1.54, 1.807) is 6.07 Å². The minimum absolute atomic E-state index is 0.238. The Kier molecular flexibility index (Phi) is 4.13. The molecule has 1 unspecified atom stereocenters. The lowest BCUT2D eigenvalue weighted by atomic mass is 9.73. The summed E-state index contributed by atoms with van der Waals surface area (Å²) in [5.41, 5.74) is -0.114. The number of thiophene rings is 1. The van der Waals surface area contributed by atoms with Gasteiger partial charge in [-0.3, -0.25) is 9.59 Å². The van der Waals surface area contributed by atoms with Gasteiger partial charge < -0.3 is 5.32 Å². The molecule has 3 nitrogen and oxygen atoms in total. The number of anilines is 1. The van der Waals surface area contributed by atoms with E-state index in [0.717, 1.165) is 11.3 Å². The van der Waals surface area contributed by atoms with Crippen LogP contribution in [0.15, 0.2) is 48.5 Å². The summed E-state index contributed by atoms with van der Waals surface area (Å²) in [4.78, 5) is 26.2. The molecule has 1 aromatic heterocycles. The average molecular weight is 404 g/mol. The minimum Gasteiger partial charge on any atom is -0.316 e. The third kappa shape index (κ3) is 2.67. The number of halogens is 3. The van der Waals surface area contributed by atoms with E-state index in [1.165, 1.54) is 49.4 Å². The van der Waals surface area contributed by atoms with Crippen LogP contribution in [0.5, 0.6) is 0 Å². The van der Waals surface area contributed by atoms with E-state index < -0.39 is 28.7 Å². The fraction of sp³-hybridized carbons (Fsp3) is 0.100. The highest BCUT2D eigenvalue weighted by Gasteiger charge is 2.49. The molecule has 1 aliphatic rings. The number of amides is 1. The van der Waals surface area contributed by atoms with E-state index in [2.05, 4.69) is 5.32 Å². The highest BCUT2D eigenvalue weighted by atomic mass is 35.5. The fourth-order valence-electron chi connectivity index (χ4n) is 3.24. The van der Waals surface area contributed by atoms with Crippen molar-refractivity contribution in [3.05, 3.63) is 75.6 Å². The third-order valence-corrected chi connectivity index (χ3v) is 6.08. The van der Waals surface area contributed by atoms with Gasteiger partial charge in [0, 0.05) is 5.56 Å². The van der Waals surface area contributed by atoms with Gasteiger partial charge in [-0.05, 0) is 42.3 Å². The summed E-state index contributed by atoms with van der Waals surface area (Å²) >= 11 is 7.39. The Balaban J connectivity index is 1.93. The molecule has 1 aliphatic heterocycles. The summed E-state index contributed by atoms with van der Waals surface area (Å²) in [5.74, 6) is -1.91. The molecule has 2 heterocycles. The van der Waals surface area contributed by atoms with Gasteiger partial charge in [-0.2, -0.15) is 0 Å². The van der Waals surface area contributed by atoms with Gasteiger partial charge in [0.1, 0.15) is 26.4 Å². The van der Waals surface area contributed by atoms with Crippen LogP contribution in [0.3, 0.4) is 0 Å². The minimum atomic E-state index is -1.55. The topological polar surface area (TPSA) is 46.2 Å². The van der Waals surface area contributed by atoms with Crippen molar-refractivity contribution < 1.29 is 18.4 Å². The number of fused-ring (bicyclic) bond motifs is 1. The van der Waals surface area contributed by atoms with Crippen LogP contribution in [0.2, 0.25) is 4.34 Å². The van der Waals surface area contributed by atoms with Crippen LogP contribution in [0.25, 0.3) is 11.1 Å². The van der Waals surface area contributed by atoms with E-state index in [1.807, 2.05) is 0 Å². The molecule has 3 aromatic rings. The quantitative estimate of drug-likeness (QED) is 0.579. The first-order valence-electron chi connectivity index (χ1n) is 8.03. The smallest absolute Gasteiger partial charge is 0.243 e. The van der Waals surface area contributed by atoms with Crippen LogP contribution in [0, 0.1) is 11.6 Å². The van der Waals surface area contributed by atoms with Crippen molar-refractivity contribution in [2.45, 2.75) is 12.3 Å². The zero-order chi connectivity index (χ0) is 19.3. The van der Waals surface area contributed by atoms with Crippen molar-refractivity contribution in [3.8, 4) is 11.1 Å². The standard InChI is InChI=1S/C20H12ClF2NO2S/c1-20(11-5-7-12(22)8-6-11)16(25)15-14(10-3-2-4-13(23)9-10)17(21)27-18(15)24-19(20)26/h2-9H,1H3,(H,24,26). The lowest BCUT2D eigenvalue weighted by Gasteiger charge is -2.31. The van der Waals surface area contributed by atoms with Crippen LogP contribution >= 0.6 is 22.9 Å². The monoisotopic (exact) mass is 403 g/mol. The molecule has 1 amide bonds. The maximum Gasteiger partial charge on any atom is 0.243 e. The number of carbonyl (C=O) groups excluding carboxylic acids is 2. The fourth-order valence-corrected chi connectivity index (χ4v) is 4.61. The second-order valence-electron chi connectivity index (χ2n) is 6.38. The van der Waals surface area contributed by atoms with Gasteiger partial charge in [0.2, 0.25) is 5.91 Å². The lowest BCUT2D eigenvalue weighted by molar-refractivity contribution is -0.119. The summed E-state index contributed by atoms with van der Waals surface area (Å²) in [5, 5.41) is 3.05. The van der Waals surface area contributed by atoms with E-state index in [-0.39, 0.29) is 9.90 Å². The van der Waals surface area contributed by atoms with Crippen LogP contribution in [0.1, 0.15) is 22.8 Å². The molecule has 0 fully saturated rings. The van der Waals surface area contributed by atoms with Crippen molar-refractivity contribution in [2.24, 2.45) is 0 Å². The van der Waals surface area contributed by atoms with Crippen molar-refractivity contribution >= 4 is 39.6 Å². The molecule has 136 valence electrons. The third-order valence-electron chi connectivity index (χ3n) is 4.76. The first-order chi connectivity index (χ1) is 12.8. The molecule has 0 aliphatic carbocycles. The van der Waals surface area contributed by atoms with Gasteiger partial charge >= 0.3 is 0 Å². The summed E-state index contributed by atoms with van der Waals surface area (Å²) in [6.07, 6.45) is 0. The largest absolute Gasteiger partial charge is 0.316 e. The van der Waals surface area contributed by atoms with E-state index in [9.17, 15) is 18.4 Å². The van der Waals surface area contributed by atoms with Gasteiger partial charge in [0.15, 0.2) is 5.78 Å². The zero-order valence-corrected chi connectivity index (χ0v) is 15.5. The summed E-state index contributed by atoms with van der Waals surface area (Å²) in [7, 11) is 0. The Hall–Kier alpha value is -2.57. The Morgan fingerprint density at radius 1 is 1.00 bits per heavy atom. The van der Waals surface area contributed by atoms with E-state index in [4.69, 9.17) is 11.6 Å². The molecule has 0 saturated heterocycles. The number of hydrogen-bond acceptors (Lipinski definition) is 3. The predicted molar refractivity (Wildman–Crippen MR) is 101 cm³/mol. The van der Waals surface area contributed by atoms with Gasteiger partial charge in [-0.1, -0.05) is 35.9 Å². The second kappa shape index (κ2) is 6.25. The first-order valence-corrected chi connectivity index (χ1v) is 9.22. The molecule has 0 spiro atoms. The molecule has 0 bridgehead atoms. The molecule has 1 atom stereocenters. The molecule has 4 rings (SSSR count). The average Bonchev–Trinajstić information content (AvgIpc) is 2.96. The lowest BCUT2D eigenvalue weighted by Crippen LogP contribution is -2.48. The highest BCUT2D eigenvalue weighted by Crippen LogP contribution is 2.49. The molecule has 7 heteroatoms. The Bertz CT molecular complexity index is 1090. The Morgan fingerprint density at radius 3 is 2.37 bits per heavy atom. The molecule has 2 aromatic carbocycles. The number of hydrogen-bond donors (Lipinski definition) is 1. The SMILES string of the molecule is CC1(c2ccc(F)cc2)C(=O)Nc2sc(Cl)c(-c3cccc(F)c3)c2C1=O. The van der Waals surface area contributed by atoms with Crippen LogP contribution in [0.4, 0.5) is 13.8 Å².